The zero-order valence-electron chi connectivity index (χ0n) is 17.3. The van der Waals surface area contributed by atoms with Crippen LogP contribution in [0.4, 0.5) is 21.6 Å². The van der Waals surface area contributed by atoms with Crippen molar-refractivity contribution in [3.8, 4) is 5.69 Å². The number of primary amides is 1. The van der Waals surface area contributed by atoms with Crippen LogP contribution in [0.2, 0.25) is 0 Å². The second kappa shape index (κ2) is 8.49. The molecule has 3 aromatic rings. The molecule has 1 aliphatic rings. The Kier molecular flexibility index (Phi) is 5.56. The van der Waals surface area contributed by atoms with Crippen LogP contribution in [-0.4, -0.2) is 38.3 Å². The first-order valence-electron chi connectivity index (χ1n) is 9.77. The molecule has 1 aromatic heterocycles. The summed E-state index contributed by atoms with van der Waals surface area (Å²) < 4.78 is 14.7. The predicted octanol–water partition coefficient (Wildman–Crippen LogP) is 2.29. The van der Waals surface area contributed by atoms with Crippen molar-refractivity contribution in [2.75, 3.05) is 10.3 Å². The van der Waals surface area contributed by atoms with E-state index < -0.39 is 28.6 Å². The van der Waals surface area contributed by atoms with Gasteiger partial charge in [0, 0.05) is 24.6 Å². The Morgan fingerprint density at radius 3 is 2.39 bits per heavy atom. The minimum absolute atomic E-state index is 0.0385. The number of nitrogens with one attached hydrogen (secondary N) is 1. The van der Waals surface area contributed by atoms with Gasteiger partial charge in [0.1, 0.15) is 23.4 Å². The summed E-state index contributed by atoms with van der Waals surface area (Å²) in [7, 11) is 0. The number of halogens is 1. The SMILES string of the molecule is Cc1cc(NC(=O)C2=NN(c3ccc(F)cc3)C(C(N)=O)C2)n(-c2ccc([N+](=O)[O-])cc2)n1. The molecule has 2 aromatic carbocycles. The van der Waals surface area contributed by atoms with E-state index in [9.17, 15) is 24.1 Å². The molecule has 0 spiro atoms. The van der Waals surface area contributed by atoms with E-state index in [2.05, 4.69) is 15.5 Å². The van der Waals surface area contributed by atoms with Gasteiger partial charge >= 0.3 is 0 Å². The molecule has 0 bridgehead atoms. The maximum Gasteiger partial charge on any atom is 0.273 e. The number of nitro groups is 1. The number of hydrogen-bond donors (Lipinski definition) is 2. The zero-order valence-corrected chi connectivity index (χ0v) is 17.3. The quantitative estimate of drug-likeness (QED) is 0.434. The Bertz CT molecular complexity index is 1270. The first-order valence-corrected chi connectivity index (χ1v) is 9.77. The standard InChI is InChI=1S/C21H18FN7O4/c1-12-10-19(28(25-12)15-6-8-16(9-7-15)29(32)33)24-21(31)17-11-18(20(23)30)27(26-17)14-4-2-13(22)3-5-14/h2-10,18H,11H2,1H3,(H2,23,30)(H,24,31). The van der Waals surface area contributed by atoms with Crippen molar-refractivity contribution >= 4 is 34.7 Å². The zero-order chi connectivity index (χ0) is 23.7. The number of benzene rings is 2. The van der Waals surface area contributed by atoms with Crippen LogP contribution in [0.5, 0.6) is 0 Å². The Labute approximate surface area is 186 Å². The van der Waals surface area contributed by atoms with Crippen molar-refractivity contribution in [3.63, 3.8) is 0 Å². The number of nitro benzene ring substituents is 1. The number of anilines is 2. The molecule has 11 nitrogen and oxygen atoms in total. The van der Waals surface area contributed by atoms with Crippen LogP contribution in [-0.2, 0) is 9.59 Å². The van der Waals surface area contributed by atoms with Gasteiger partial charge in [0.25, 0.3) is 11.6 Å². The van der Waals surface area contributed by atoms with Crippen LogP contribution in [0, 0.1) is 22.9 Å². The van der Waals surface area contributed by atoms with Gasteiger partial charge in [-0.3, -0.25) is 24.7 Å². The monoisotopic (exact) mass is 451 g/mol. The van der Waals surface area contributed by atoms with Gasteiger partial charge in [0.05, 0.1) is 22.0 Å². The van der Waals surface area contributed by atoms with Crippen LogP contribution < -0.4 is 16.1 Å². The molecular formula is C21H18FN7O4. The number of rotatable bonds is 6. The number of carbonyl (C=O) groups excluding carboxylic acids is 2. The number of amides is 2. The highest BCUT2D eigenvalue weighted by atomic mass is 19.1. The molecule has 4 rings (SSSR count). The number of non-ortho nitro benzene ring substituents is 1. The topological polar surface area (TPSA) is 149 Å². The number of nitrogens with two attached hydrogens (primary N) is 1. The second-order valence-electron chi connectivity index (χ2n) is 7.30. The van der Waals surface area contributed by atoms with Gasteiger partial charge in [0.15, 0.2) is 0 Å². The number of carbonyl (C=O) groups is 2. The van der Waals surface area contributed by atoms with E-state index in [0.717, 1.165) is 0 Å². The highest BCUT2D eigenvalue weighted by Gasteiger charge is 2.35. The van der Waals surface area contributed by atoms with E-state index >= 15 is 0 Å². The maximum atomic E-state index is 13.3. The Morgan fingerprint density at radius 1 is 1.15 bits per heavy atom. The summed E-state index contributed by atoms with van der Waals surface area (Å²) in [4.78, 5) is 35.3. The lowest BCUT2D eigenvalue weighted by molar-refractivity contribution is -0.384. The molecule has 1 unspecified atom stereocenters. The smallest absolute Gasteiger partial charge is 0.273 e. The number of hydrogen-bond acceptors (Lipinski definition) is 7. The van der Waals surface area contributed by atoms with Gasteiger partial charge in [-0.25, -0.2) is 9.07 Å². The first-order chi connectivity index (χ1) is 15.7. The molecule has 3 N–H and O–H groups in total. The highest BCUT2D eigenvalue weighted by Crippen LogP contribution is 2.26. The van der Waals surface area contributed by atoms with Crippen molar-refractivity contribution in [2.24, 2.45) is 10.8 Å². The molecule has 1 aliphatic heterocycles. The Balaban J connectivity index is 1.59. The third-order valence-corrected chi connectivity index (χ3v) is 4.97. The lowest BCUT2D eigenvalue weighted by atomic mass is 10.1. The number of nitrogens with zero attached hydrogens (tertiary/aromatic N) is 5. The van der Waals surface area contributed by atoms with Gasteiger partial charge in [-0.05, 0) is 43.3 Å². The predicted molar refractivity (Wildman–Crippen MR) is 117 cm³/mol. The highest BCUT2D eigenvalue weighted by molar-refractivity contribution is 6.44. The molecule has 1 atom stereocenters. The van der Waals surface area contributed by atoms with E-state index in [1.165, 1.54) is 58.2 Å². The number of aryl methyl sites for hydroxylation is 1. The molecule has 0 fully saturated rings. The first kappa shape index (κ1) is 21.6. The van der Waals surface area contributed by atoms with E-state index in [0.29, 0.717) is 22.9 Å². The Morgan fingerprint density at radius 2 is 1.79 bits per heavy atom. The fraction of sp³-hybridized carbons (Fsp3) is 0.143. The fourth-order valence-corrected chi connectivity index (χ4v) is 3.39. The summed E-state index contributed by atoms with van der Waals surface area (Å²) in [6, 6.07) is 11.7. The Hall–Kier alpha value is -4.61. The summed E-state index contributed by atoms with van der Waals surface area (Å²) in [5, 5.41) is 23.4. The van der Waals surface area contributed by atoms with Crippen LogP contribution >= 0.6 is 0 Å². The minimum atomic E-state index is -0.905. The third-order valence-electron chi connectivity index (χ3n) is 4.97. The molecule has 0 aliphatic carbocycles. The van der Waals surface area contributed by atoms with Crippen molar-refractivity contribution in [3.05, 3.63) is 76.2 Å². The lowest BCUT2D eigenvalue weighted by Gasteiger charge is -2.20. The van der Waals surface area contributed by atoms with Crippen molar-refractivity contribution < 1.29 is 18.9 Å². The fourth-order valence-electron chi connectivity index (χ4n) is 3.39. The summed E-state index contributed by atoms with van der Waals surface area (Å²) in [5.74, 6) is -1.40. The van der Waals surface area contributed by atoms with Crippen molar-refractivity contribution in [1.29, 1.82) is 0 Å². The third kappa shape index (κ3) is 4.39. The largest absolute Gasteiger partial charge is 0.368 e. The molecule has 2 amide bonds. The molecule has 2 heterocycles. The second-order valence-corrected chi connectivity index (χ2v) is 7.30. The van der Waals surface area contributed by atoms with Gasteiger partial charge in [-0.15, -0.1) is 0 Å². The van der Waals surface area contributed by atoms with Crippen molar-refractivity contribution in [1.82, 2.24) is 9.78 Å². The van der Waals surface area contributed by atoms with Crippen LogP contribution in [0.15, 0.2) is 59.7 Å². The molecule has 0 radical (unpaired) electrons. The molecule has 33 heavy (non-hydrogen) atoms. The van der Waals surface area contributed by atoms with Crippen LogP contribution in [0.25, 0.3) is 5.69 Å². The average Bonchev–Trinajstić information content (AvgIpc) is 3.38. The van der Waals surface area contributed by atoms with Crippen LogP contribution in [0.1, 0.15) is 12.1 Å². The van der Waals surface area contributed by atoms with Gasteiger partial charge in [0.2, 0.25) is 5.91 Å². The van der Waals surface area contributed by atoms with E-state index in [1.807, 2.05) is 0 Å². The molecular weight excluding hydrogens is 433 g/mol. The minimum Gasteiger partial charge on any atom is -0.368 e. The van der Waals surface area contributed by atoms with Gasteiger partial charge < -0.3 is 11.1 Å². The summed E-state index contributed by atoms with van der Waals surface area (Å²) in [6.45, 7) is 1.73. The summed E-state index contributed by atoms with van der Waals surface area (Å²) >= 11 is 0. The average molecular weight is 451 g/mol. The molecule has 168 valence electrons. The van der Waals surface area contributed by atoms with E-state index in [-0.39, 0.29) is 17.8 Å². The van der Waals surface area contributed by atoms with Gasteiger partial charge in [-0.1, -0.05) is 0 Å². The van der Waals surface area contributed by atoms with Gasteiger partial charge in [-0.2, -0.15) is 10.2 Å². The van der Waals surface area contributed by atoms with Crippen LogP contribution in [0.3, 0.4) is 0 Å². The maximum absolute atomic E-state index is 13.3. The molecule has 0 saturated carbocycles. The normalized spacial score (nSPS) is 15.3. The van der Waals surface area contributed by atoms with E-state index in [4.69, 9.17) is 5.73 Å². The number of aromatic nitrogens is 2. The lowest BCUT2D eigenvalue weighted by Crippen LogP contribution is -2.39. The van der Waals surface area contributed by atoms with E-state index in [1.54, 1.807) is 13.0 Å². The summed E-state index contributed by atoms with van der Waals surface area (Å²) in [6.07, 6.45) is -0.0385. The molecule has 12 heteroatoms. The van der Waals surface area contributed by atoms with Crippen molar-refractivity contribution in [2.45, 2.75) is 19.4 Å². The number of hydrazone groups is 1. The summed E-state index contributed by atoms with van der Waals surface area (Å²) in [5.41, 5.74) is 6.97. The molecule has 0 saturated heterocycles.